The van der Waals surface area contributed by atoms with Crippen LogP contribution in [0.3, 0.4) is 0 Å². The minimum absolute atomic E-state index is 0.102. The van der Waals surface area contributed by atoms with E-state index in [1.165, 1.54) is 5.56 Å². The molecule has 0 aromatic heterocycles. The van der Waals surface area contributed by atoms with Crippen LogP contribution in [0.1, 0.15) is 30.4 Å². The van der Waals surface area contributed by atoms with Gasteiger partial charge in [0.15, 0.2) is 21.3 Å². The first kappa shape index (κ1) is 18.0. The fourth-order valence-corrected chi connectivity index (χ4v) is 5.59. The SMILES string of the molecule is COc1cc2c(cc1OC)CN(C(=O)CCC1CCS(=O)(=O)C1)CC2. The van der Waals surface area contributed by atoms with E-state index in [0.717, 1.165) is 12.0 Å². The van der Waals surface area contributed by atoms with Crippen molar-refractivity contribution >= 4 is 15.7 Å². The highest BCUT2D eigenvalue weighted by atomic mass is 32.2. The molecule has 0 saturated carbocycles. The minimum atomic E-state index is -2.87. The molecule has 1 aromatic carbocycles. The van der Waals surface area contributed by atoms with Crippen molar-refractivity contribution in [2.24, 2.45) is 5.92 Å². The number of benzene rings is 1. The normalized spacial score (nSPS) is 21.7. The van der Waals surface area contributed by atoms with Crippen molar-refractivity contribution in [3.8, 4) is 11.5 Å². The third kappa shape index (κ3) is 4.08. The lowest BCUT2D eigenvalue weighted by molar-refractivity contribution is -0.132. The van der Waals surface area contributed by atoms with Gasteiger partial charge in [-0.05, 0) is 48.4 Å². The maximum atomic E-state index is 12.5. The fraction of sp³-hybridized carbons (Fsp3) is 0.611. The van der Waals surface area contributed by atoms with Crippen molar-refractivity contribution in [3.63, 3.8) is 0 Å². The summed E-state index contributed by atoms with van der Waals surface area (Å²) < 4.78 is 33.7. The highest BCUT2D eigenvalue weighted by Gasteiger charge is 2.29. The summed E-state index contributed by atoms with van der Waals surface area (Å²) in [6.07, 6.45) is 2.56. The monoisotopic (exact) mass is 367 g/mol. The highest BCUT2D eigenvalue weighted by Crippen LogP contribution is 2.33. The molecule has 2 aliphatic heterocycles. The van der Waals surface area contributed by atoms with Gasteiger partial charge in [-0.15, -0.1) is 0 Å². The Morgan fingerprint density at radius 2 is 1.88 bits per heavy atom. The zero-order valence-corrected chi connectivity index (χ0v) is 15.6. The molecule has 1 atom stereocenters. The third-order valence-corrected chi connectivity index (χ3v) is 7.00. The molecular formula is C18H25NO5S. The molecule has 1 aromatic rings. The molecule has 0 aliphatic carbocycles. The van der Waals surface area contributed by atoms with Gasteiger partial charge in [-0.2, -0.15) is 0 Å². The van der Waals surface area contributed by atoms with Gasteiger partial charge in [-0.1, -0.05) is 0 Å². The second-order valence-corrected chi connectivity index (χ2v) is 9.08. The number of carbonyl (C=O) groups is 1. The standard InChI is InChI=1S/C18H25NO5S/c1-23-16-9-14-5-7-19(11-15(14)10-17(16)24-2)18(20)4-3-13-6-8-25(21,22)12-13/h9-10,13H,3-8,11-12H2,1-2H3. The molecule has 7 heteroatoms. The average Bonchev–Trinajstić information content (AvgIpc) is 2.96. The first-order valence-electron chi connectivity index (χ1n) is 8.64. The van der Waals surface area contributed by atoms with Crippen LogP contribution < -0.4 is 9.47 Å². The van der Waals surface area contributed by atoms with E-state index in [2.05, 4.69) is 0 Å². The summed E-state index contributed by atoms with van der Waals surface area (Å²) in [6.45, 7) is 1.25. The molecule has 6 nitrogen and oxygen atoms in total. The Morgan fingerprint density at radius 3 is 2.48 bits per heavy atom. The van der Waals surface area contributed by atoms with Crippen molar-refractivity contribution < 1.29 is 22.7 Å². The summed E-state index contributed by atoms with van der Waals surface area (Å²) in [5.74, 6) is 2.13. The highest BCUT2D eigenvalue weighted by molar-refractivity contribution is 7.91. The summed E-state index contributed by atoms with van der Waals surface area (Å²) >= 11 is 0. The van der Waals surface area contributed by atoms with E-state index in [1.54, 1.807) is 14.2 Å². The number of fused-ring (bicyclic) bond motifs is 1. The van der Waals surface area contributed by atoms with Crippen molar-refractivity contribution in [1.29, 1.82) is 0 Å². The Labute approximate surface area is 149 Å². The molecule has 25 heavy (non-hydrogen) atoms. The predicted octanol–water partition coefficient (Wildman–Crippen LogP) is 1.80. The number of nitrogens with zero attached hydrogens (tertiary/aromatic N) is 1. The number of amides is 1. The summed E-state index contributed by atoms with van der Waals surface area (Å²) in [6, 6.07) is 3.93. The van der Waals surface area contributed by atoms with E-state index in [1.807, 2.05) is 17.0 Å². The van der Waals surface area contributed by atoms with Crippen molar-refractivity contribution in [2.75, 3.05) is 32.3 Å². The zero-order chi connectivity index (χ0) is 18.0. The fourth-order valence-electron chi connectivity index (χ4n) is 3.68. The largest absolute Gasteiger partial charge is 0.493 e. The van der Waals surface area contributed by atoms with Crippen LogP contribution in [-0.2, 0) is 27.6 Å². The zero-order valence-electron chi connectivity index (χ0n) is 14.8. The minimum Gasteiger partial charge on any atom is -0.493 e. The lowest BCUT2D eigenvalue weighted by Crippen LogP contribution is -2.36. The quantitative estimate of drug-likeness (QED) is 0.793. The number of hydrogen-bond donors (Lipinski definition) is 0. The Kier molecular flexibility index (Phi) is 5.22. The smallest absolute Gasteiger partial charge is 0.222 e. The van der Waals surface area contributed by atoms with E-state index in [9.17, 15) is 13.2 Å². The van der Waals surface area contributed by atoms with Crippen molar-refractivity contribution in [1.82, 2.24) is 4.90 Å². The molecule has 0 spiro atoms. The summed E-state index contributed by atoms with van der Waals surface area (Å²) in [5, 5.41) is 0. The van der Waals surface area contributed by atoms with Gasteiger partial charge >= 0.3 is 0 Å². The van der Waals surface area contributed by atoms with Crippen LogP contribution in [0.15, 0.2) is 12.1 Å². The Hall–Kier alpha value is -1.76. The molecular weight excluding hydrogens is 342 g/mol. The topological polar surface area (TPSA) is 72.9 Å². The van der Waals surface area contributed by atoms with Crippen LogP contribution in [0, 0.1) is 5.92 Å². The van der Waals surface area contributed by atoms with Gasteiger partial charge in [-0.25, -0.2) is 8.42 Å². The van der Waals surface area contributed by atoms with Gasteiger partial charge in [0.25, 0.3) is 0 Å². The Bertz CT molecular complexity index is 759. The van der Waals surface area contributed by atoms with Gasteiger partial charge in [0, 0.05) is 19.5 Å². The molecule has 1 unspecified atom stereocenters. The number of methoxy groups -OCH3 is 2. The maximum Gasteiger partial charge on any atom is 0.222 e. The number of carbonyl (C=O) groups excluding carboxylic acids is 1. The van der Waals surface area contributed by atoms with E-state index in [-0.39, 0.29) is 23.3 Å². The van der Waals surface area contributed by atoms with Gasteiger partial charge in [-0.3, -0.25) is 4.79 Å². The van der Waals surface area contributed by atoms with Crippen LogP contribution in [0.25, 0.3) is 0 Å². The first-order chi connectivity index (χ1) is 11.9. The van der Waals surface area contributed by atoms with Crippen LogP contribution in [0.5, 0.6) is 11.5 Å². The molecule has 1 fully saturated rings. The van der Waals surface area contributed by atoms with Gasteiger partial charge in [0.1, 0.15) is 0 Å². The average molecular weight is 367 g/mol. The molecule has 138 valence electrons. The lowest BCUT2D eigenvalue weighted by Gasteiger charge is -2.30. The van der Waals surface area contributed by atoms with Crippen LogP contribution >= 0.6 is 0 Å². The molecule has 3 rings (SSSR count). The second kappa shape index (κ2) is 7.23. The second-order valence-electron chi connectivity index (χ2n) is 6.85. The number of rotatable bonds is 5. The van der Waals surface area contributed by atoms with Gasteiger partial charge in [0.05, 0.1) is 25.7 Å². The van der Waals surface area contributed by atoms with Crippen molar-refractivity contribution in [3.05, 3.63) is 23.3 Å². The van der Waals surface area contributed by atoms with Crippen LogP contribution in [-0.4, -0.2) is 51.5 Å². The van der Waals surface area contributed by atoms with Crippen LogP contribution in [0.4, 0.5) is 0 Å². The number of sulfone groups is 1. The molecule has 0 bridgehead atoms. The molecule has 0 radical (unpaired) electrons. The Balaban J connectivity index is 1.61. The lowest BCUT2D eigenvalue weighted by atomic mass is 9.97. The summed E-state index contributed by atoms with van der Waals surface area (Å²) in [4.78, 5) is 14.4. The number of hydrogen-bond acceptors (Lipinski definition) is 5. The van der Waals surface area contributed by atoms with E-state index in [0.29, 0.717) is 43.9 Å². The van der Waals surface area contributed by atoms with E-state index >= 15 is 0 Å². The van der Waals surface area contributed by atoms with E-state index < -0.39 is 9.84 Å². The molecule has 0 N–H and O–H groups in total. The maximum absolute atomic E-state index is 12.5. The predicted molar refractivity (Wildman–Crippen MR) is 94.7 cm³/mol. The molecule has 2 aliphatic rings. The van der Waals surface area contributed by atoms with Gasteiger partial charge < -0.3 is 14.4 Å². The summed E-state index contributed by atoms with van der Waals surface area (Å²) in [5.41, 5.74) is 2.27. The molecule has 2 heterocycles. The number of ether oxygens (including phenoxy) is 2. The molecule has 1 saturated heterocycles. The third-order valence-electron chi connectivity index (χ3n) is 5.16. The van der Waals surface area contributed by atoms with Crippen molar-refractivity contribution in [2.45, 2.75) is 32.2 Å². The molecule has 1 amide bonds. The van der Waals surface area contributed by atoms with Crippen LogP contribution in [0.2, 0.25) is 0 Å². The summed E-state index contributed by atoms with van der Waals surface area (Å²) in [7, 11) is 0.347. The van der Waals surface area contributed by atoms with Gasteiger partial charge in [0.2, 0.25) is 5.91 Å². The Morgan fingerprint density at radius 1 is 1.20 bits per heavy atom. The first-order valence-corrected chi connectivity index (χ1v) is 10.5. The van der Waals surface area contributed by atoms with E-state index in [4.69, 9.17) is 9.47 Å².